The Morgan fingerprint density at radius 3 is 2.94 bits per heavy atom. The molecule has 1 aliphatic carbocycles. The Morgan fingerprint density at radius 2 is 2.17 bits per heavy atom. The smallest absolute Gasteiger partial charge is 0.252 e. The lowest BCUT2D eigenvalue weighted by molar-refractivity contribution is -0.156. The molecule has 3 fully saturated rings. The fourth-order valence-corrected chi connectivity index (χ4v) is 2.93. The number of pyridine rings is 1. The zero-order chi connectivity index (χ0) is 12.3. The lowest BCUT2D eigenvalue weighted by Crippen LogP contribution is -2.66. The normalized spacial score (nSPS) is 30.1. The van der Waals surface area contributed by atoms with E-state index in [1.54, 1.807) is 17.1 Å². The fourth-order valence-electron chi connectivity index (χ4n) is 2.93. The van der Waals surface area contributed by atoms with Gasteiger partial charge in [0.05, 0.1) is 6.33 Å². The van der Waals surface area contributed by atoms with Gasteiger partial charge in [0.1, 0.15) is 11.1 Å². The fraction of sp³-hybridized carbons (Fsp3) is 0.333. The van der Waals surface area contributed by atoms with Crippen LogP contribution in [0.15, 0.2) is 24.7 Å². The van der Waals surface area contributed by atoms with Crippen LogP contribution in [-0.4, -0.2) is 26.3 Å². The maximum absolute atomic E-state index is 12.1. The van der Waals surface area contributed by atoms with Crippen molar-refractivity contribution in [1.82, 2.24) is 19.9 Å². The second kappa shape index (κ2) is 2.95. The highest BCUT2D eigenvalue weighted by molar-refractivity contribution is 6.06. The zero-order valence-corrected chi connectivity index (χ0v) is 9.46. The molecule has 5 rings (SSSR count). The van der Waals surface area contributed by atoms with Gasteiger partial charge in [0, 0.05) is 12.1 Å². The molecular formula is C12H10N4O2. The van der Waals surface area contributed by atoms with E-state index in [-0.39, 0.29) is 17.7 Å². The van der Waals surface area contributed by atoms with E-state index in [1.807, 2.05) is 12.1 Å². The molecule has 2 amide bonds. The Labute approximate surface area is 102 Å². The summed E-state index contributed by atoms with van der Waals surface area (Å²) in [5, 5.41) is 2.42. The molecular weight excluding hydrogens is 232 g/mol. The lowest BCUT2D eigenvalue weighted by atomic mass is 9.64. The number of hydrogen-bond donors (Lipinski definition) is 1. The van der Waals surface area contributed by atoms with Crippen molar-refractivity contribution in [3.63, 3.8) is 0 Å². The third-order valence-electron chi connectivity index (χ3n) is 3.97. The van der Waals surface area contributed by atoms with Crippen LogP contribution in [0.4, 0.5) is 0 Å². The second-order valence-electron chi connectivity index (χ2n) is 4.92. The van der Waals surface area contributed by atoms with Crippen molar-refractivity contribution in [2.24, 2.45) is 5.92 Å². The van der Waals surface area contributed by atoms with E-state index >= 15 is 0 Å². The van der Waals surface area contributed by atoms with Crippen LogP contribution >= 0.6 is 0 Å². The molecule has 0 spiro atoms. The average molecular weight is 242 g/mol. The first-order chi connectivity index (χ1) is 8.71. The summed E-state index contributed by atoms with van der Waals surface area (Å²) in [5.74, 6) is -0.442. The molecule has 1 saturated carbocycles. The number of nitrogens with zero attached hydrogens (tertiary/aromatic N) is 3. The van der Waals surface area contributed by atoms with E-state index in [0.717, 1.165) is 5.52 Å². The molecule has 6 heteroatoms. The highest BCUT2D eigenvalue weighted by atomic mass is 16.2. The van der Waals surface area contributed by atoms with E-state index in [4.69, 9.17) is 0 Å². The third-order valence-corrected chi connectivity index (χ3v) is 3.97. The van der Waals surface area contributed by atoms with Crippen molar-refractivity contribution in [3.8, 4) is 0 Å². The number of carbonyl (C=O) groups is 2. The molecule has 6 nitrogen and oxygen atoms in total. The summed E-state index contributed by atoms with van der Waals surface area (Å²) < 4.78 is 1.81. The van der Waals surface area contributed by atoms with Gasteiger partial charge in [-0.25, -0.2) is 9.97 Å². The Hall–Kier alpha value is -2.24. The number of carbonyl (C=O) groups excluding carboxylic acids is 2. The molecule has 1 N–H and O–H groups in total. The van der Waals surface area contributed by atoms with E-state index in [2.05, 4.69) is 15.3 Å². The number of imide groups is 1. The largest absolute Gasteiger partial charge is 0.300 e. The molecule has 2 bridgehead atoms. The highest BCUT2D eigenvalue weighted by Gasteiger charge is 2.59. The zero-order valence-electron chi connectivity index (χ0n) is 9.46. The number of amides is 2. The van der Waals surface area contributed by atoms with E-state index in [1.165, 1.54) is 0 Å². The number of piperidine rings is 2. The Morgan fingerprint density at radius 1 is 1.33 bits per heavy atom. The van der Waals surface area contributed by atoms with Gasteiger partial charge in [-0.2, -0.15) is 0 Å². The molecule has 2 aliphatic heterocycles. The first-order valence-corrected chi connectivity index (χ1v) is 5.84. The van der Waals surface area contributed by atoms with Gasteiger partial charge in [0.2, 0.25) is 5.91 Å². The van der Waals surface area contributed by atoms with E-state index < -0.39 is 5.54 Å². The van der Waals surface area contributed by atoms with Crippen LogP contribution in [0, 0.1) is 5.92 Å². The Balaban J connectivity index is 1.89. The van der Waals surface area contributed by atoms with Crippen LogP contribution in [-0.2, 0) is 15.1 Å². The number of imidazole rings is 1. The topological polar surface area (TPSA) is 76.9 Å². The second-order valence-corrected chi connectivity index (χ2v) is 4.92. The SMILES string of the molecule is O=C1NC(=O)C2(n3cnc4cccnc43)CC1C2. The van der Waals surface area contributed by atoms with E-state index in [0.29, 0.717) is 18.5 Å². The van der Waals surface area contributed by atoms with Crippen LogP contribution in [0.2, 0.25) is 0 Å². The van der Waals surface area contributed by atoms with Gasteiger partial charge >= 0.3 is 0 Å². The summed E-state index contributed by atoms with van der Waals surface area (Å²) in [6.45, 7) is 0. The first kappa shape index (κ1) is 9.76. The molecule has 2 aromatic rings. The minimum absolute atomic E-state index is 0.0520. The van der Waals surface area contributed by atoms with Crippen molar-refractivity contribution in [2.45, 2.75) is 18.4 Å². The van der Waals surface area contributed by atoms with Crippen molar-refractivity contribution in [2.75, 3.05) is 0 Å². The predicted octanol–water partition coefficient (Wildman–Crippen LogP) is 0.193. The van der Waals surface area contributed by atoms with Crippen molar-refractivity contribution in [1.29, 1.82) is 0 Å². The summed E-state index contributed by atoms with van der Waals surface area (Å²) in [6.07, 6.45) is 4.43. The minimum Gasteiger partial charge on any atom is -0.300 e. The average Bonchev–Trinajstić information content (AvgIpc) is 2.71. The van der Waals surface area contributed by atoms with Crippen LogP contribution in [0.5, 0.6) is 0 Å². The number of nitrogens with one attached hydrogen (secondary N) is 1. The summed E-state index contributed by atoms with van der Waals surface area (Å²) in [4.78, 5) is 32.1. The van der Waals surface area contributed by atoms with Gasteiger partial charge in [0.25, 0.3) is 5.91 Å². The minimum atomic E-state index is -0.665. The van der Waals surface area contributed by atoms with Crippen LogP contribution in [0.3, 0.4) is 0 Å². The van der Waals surface area contributed by atoms with Crippen LogP contribution in [0.1, 0.15) is 12.8 Å². The summed E-state index contributed by atoms with van der Waals surface area (Å²) in [5.41, 5.74) is 0.794. The van der Waals surface area contributed by atoms with Gasteiger partial charge in [-0.05, 0) is 25.0 Å². The van der Waals surface area contributed by atoms with Gasteiger partial charge < -0.3 is 0 Å². The molecule has 2 saturated heterocycles. The predicted molar refractivity (Wildman–Crippen MR) is 61.4 cm³/mol. The summed E-state index contributed by atoms with van der Waals surface area (Å²) in [6, 6.07) is 3.67. The Kier molecular flexibility index (Phi) is 1.60. The van der Waals surface area contributed by atoms with Crippen LogP contribution < -0.4 is 5.32 Å². The first-order valence-electron chi connectivity index (χ1n) is 5.84. The van der Waals surface area contributed by atoms with Gasteiger partial charge in [-0.15, -0.1) is 0 Å². The van der Waals surface area contributed by atoms with Gasteiger partial charge in [0.15, 0.2) is 5.65 Å². The summed E-state index contributed by atoms with van der Waals surface area (Å²) >= 11 is 0. The molecule has 4 heterocycles. The molecule has 3 aliphatic rings. The molecule has 2 aromatic heterocycles. The number of fused-ring (bicyclic) bond motifs is 3. The molecule has 0 unspecified atom stereocenters. The van der Waals surface area contributed by atoms with Crippen LogP contribution in [0.25, 0.3) is 11.2 Å². The molecule has 0 aromatic carbocycles. The Bertz CT molecular complexity index is 684. The maximum Gasteiger partial charge on any atom is 0.252 e. The molecule has 18 heavy (non-hydrogen) atoms. The monoisotopic (exact) mass is 242 g/mol. The number of rotatable bonds is 1. The third kappa shape index (κ3) is 0.982. The summed E-state index contributed by atoms with van der Waals surface area (Å²) in [7, 11) is 0. The maximum atomic E-state index is 12.1. The van der Waals surface area contributed by atoms with Crippen molar-refractivity contribution < 1.29 is 9.59 Å². The number of aromatic nitrogens is 3. The van der Waals surface area contributed by atoms with Crippen molar-refractivity contribution >= 4 is 23.0 Å². The van der Waals surface area contributed by atoms with Gasteiger partial charge in [-0.3, -0.25) is 19.5 Å². The molecule has 0 radical (unpaired) electrons. The highest BCUT2D eigenvalue weighted by Crippen LogP contribution is 2.48. The number of hydrogen-bond acceptors (Lipinski definition) is 4. The lowest BCUT2D eigenvalue weighted by Gasteiger charge is -2.49. The van der Waals surface area contributed by atoms with Gasteiger partial charge in [-0.1, -0.05) is 0 Å². The van der Waals surface area contributed by atoms with E-state index in [9.17, 15) is 9.59 Å². The quantitative estimate of drug-likeness (QED) is 0.724. The van der Waals surface area contributed by atoms with Crippen molar-refractivity contribution in [3.05, 3.63) is 24.7 Å². The molecule has 0 atom stereocenters. The standard InChI is InChI=1S/C12H10N4O2/c17-10-7-4-12(5-7,11(18)15-10)16-6-14-8-2-1-3-13-9(8)16/h1-3,6-7H,4-5H2,(H,15,17,18). The molecule has 90 valence electrons.